The van der Waals surface area contributed by atoms with Crippen LogP contribution in [0.3, 0.4) is 0 Å². The van der Waals surface area contributed by atoms with Crippen LogP contribution in [0.15, 0.2) is 49.0 Å². The Morgan fingerprint density at radius 3 is 2.79 bits per heavy atom. The number of carbonyl (C=O) groups is 1. The summed E-state index contributed by atoms with van der Waals surface area (Å²) in [7, 11) is 1.39. The van der Waals surface area contributed by atoms with E-state index < -0.39 is 18.0 Å². The SMILES string of the molecule is C=CC(C#Cc1nnc(NC(=O)c2cnc(C#CC3CCCOC3)cc2-c2cc(C(F)F)ncc2OC)s1)/C=C(/C)N. The molecule has 4 rings (SSSR count). The molecule has 0 bridgehead atoms. The Morgan fingerprint density at radius 1 is 1.26 bits per heavy atom. The van der Waals surface area contributed by atoms with Gasteiger partial charge in [-0.2, -0.15) is 0 Å². The second-order valence-corrected chi connectivity index (χ2v) is 10.2. The zero-order valence-electron chi connectivity index (χ0n) is 23.0. The topological polar surface area (TPSA) is 125 Å². The van der Waals surface area contributed by atoms with E-state index in [-0.39, 0.29) is 39.4 Å². The molecule has 3 aromatic rings. The van der Waals surface area contributed by atoms with Crippen LogP contribution < -0.4 is 15.8 Å². The number of anilines is 1. The number of nitrogens with two attached hydrogens (primary N) is 1. The summed E-state index contributed by atoms with van der Waals surface area (Å²) >= 11 is 1.07. The highest BCUT2D eigenvalue weighted by Crippen LogP contribution is 2.35. The molecule has 0 saturated carbocycles. The number of hydrogen-bond acceptors (Lipinski definition) is 9. The van der Waals surface area contributed by atoms with Gasteiger partial charge < -0.3 is 15.2 Å². The number of nitrogens with one attached hydrogen (secondary N) is 1. The number of carbonyl (C=O) groups excluding carboxylic acids is 1. The highest BCUT2D eigenvalue weighted by molar-refractivity contribution is 7.15. The van der Waals surface area contributed by atoms with Crippen molar-refractivity contribution < 1.29 is 23.0 Å². The first-order chi connectivity index (χ1) is 20.3. The van der Waals surface area contributed by atoms with Gasteiger partial charge in [-0.15, -0.1) is 16.8 Å². The molecule has 42 heavy (non-hydrogen) atoms. The van der Waals surface area contributed by atoms with Gasteiger partial charge in [0, 0.05) is 35.5 Å². The van der Waals surface area contributed by atoms with Crippen molar-refractivity contribution in [2.75, 3.05) is 25.6 Å². The van der Waals surface area contributed by atoms with Crippen molar-refractivity contribution in [1.29, 1.82) is 0 Å². The number of rotatable bonds is 7. The van der Waals surface area contributed by atoms with Crippen LogP contribution in [-0.2, 0) is 4.74 Å². The lowest BCUT2D eigenvalue weighted by atomic mass is 9.98. The second kappa shape index (κ2) is 14.3. The molecule has 4 heterocycles. The molecule has 1 aliphatic rings. The number of hydrogen-bond donors (Lipinski definition) is 2. The lowest BCUT2D eigenvalue weighted by Crippen LogP contribution is -2.15. The van der Waals surface area contributed by atoms with Crippen molar-refractivity contribution in [2.45, 2.75) is 26.2 Å². The average molecular weight is 591 g/mol. The van der Waals surface area contributed by atoms with Crippen molar-refractivity contribution in [3.63, 3.8) is 0 Å². The fourth-order valence-corrected chi connectivity index (χ4v) is 4.60. The number of ether oxygens (including phenoxy) is 2. The number of halogens is 2. The lowest BCUT2D eigenvalue weighted by Gasteiger charge is -2.16. The van der Waals surface area contributed by atoms with E-state index in [1.165, 1.54) is 25.6 Å². The number of alkyl halides is 2. The Kier molecular flexibility index (Phi) is 10.3. The summed E-state index contributed by atoms with van der Waals surface area (Å²) in [6.45, 7) is 6.73. The molecule has 1 amide bonds. The van der Waals surface area contributed by atoms with E-state index in [9.17, 15) is 13.6 Å². The largest absolute Gasteiger partial charge is 0.494 e. The quantitative estimate of drug-likeness (QED) is 0.291. The molecule has 3 N–H and O–H groups in total. The molecule has 216 valence electrons. The predicted octanol–water partition coefficient (Wildman–Crippen LogP) is 4.99. The van der Waals surface area contributed by atoms with Crippen molar-refractivity contribution in [2.24, 2.45) is 17.6 Å². The Balaban J connectivity index is 1.68. The molecule has 1 saturated heterocycles. The third kappa shape index (κ3) is 7.97. The van der Waals surface area contributed by atoms with Gasteiger partial charge >= 0.3 is 0 Å². The Morgan fingerprint density at radius 2 is 2.10 bits per heavy atom. The monoisotopic (exact) mass is 590 g/mol. The fraction of sp³-hybridized carbons (Fsp3) is 0.300. The minimum Gasteiger partial charge on any atom is -0.494 e. The minimum absolute atomic E-state index is 0.0553. The van der Waals surface area contributed by atoms with Gasteiger partial charge in [0.05, 0.1) is 31.4 Å². The highest BCUT2D eigenvalue weighted by Gasteiger charge is 2.21. The first-order valence-corrected chi connectivity index (χ1v) is 13.7. The van der Waals surface area contributed by atoms with Crippen LogP contribution in [0.25, 0.3) is 11.1 Å². The molecule has 3 aromatic heterocycles. The van der Waals surface area contributed by atoms with E-state index in [0.29, 0.717) is 29.6 Å². The predicted molar refractivity (Wildman–Crippen MR) is 156 cm³/mol. The van der Waals surface area contributed by atoms with Crippen LogP contribution >= 0.6 is 11.3 Å². The van der Waals surface area contributed by atoms with Crippen LogP contribution in [0.5, 0.6) is 5.75 Å². The van der Waals surface area contributed by atoms with Gasteiger partial charge in [0.25, 0.3) is 12.3 Å². The first kappa shape index (κ1) is 30.3. The molecule has 1 aliphatic heterocycles. The van der Waals surface area contributed by atoms with Gasteiger partial charge in [-0.05, 0) is 49.8 Å². The molecular formula is C30H28F2N6O3S. The van der Waals surface area contributed by atoms with Crippen molar-refractivity contribution in [1.82, 2.24) is 20.2 Å². The fourth-order valence-electron chi connectivity index (χ4n) is 4.00. The number of methoxy groups -OCH3 is 1. The molecule has 1 fully saturated rings. The molecule has 12 heteroatoms. The van der Waals surface area contributed by atoms with Crippen LogP contribution in [0, 0.1) is 35.5 Å². The lowest BCUT2D eigenvalue weighted by molar-refractivity contribution is 0.0740. The Labute approximate surface area is 246 Å². The highest BCUT2D eigenvalue weighted by atomic mass is 32.1. The maximum atomic E-state index is 13.6. The summed E-state index contributed by atoms with van der Waals surface area (Å²) in [6.07, 6.45) is 4.92. The zero-order chi connectivity index (χ0) is 30.1. The molecular weight excluding hydrogens is 562 g/mol. The summed E-state index contributed by atoms with van der Waals surface area (Å²) in [6, 6.07) is 2.76. The second-order valence-electron chi connectivity index (χ2n) is 9.22. The van der Waals surface area contributed by atoms with Gasteiger partial charge in [-0.1, -0.05) is 29.3 Å². The van der Waals surface area contributed by atoms with Crippen LogP contribution in [-0.4, -0.2) is 46.4 Å². The normalized spacial score (nSPS) is 15.5. The zero-order valence-corrected chi connectivity index (χ0v) is 23.8. The van der Waals surface area contributed by atoms with E-state index in [1.54, 1.807) is 25.1 Å². The number of aromatic nitrogens is 4. The summed E-state index contributed by atoms with van der Waals surface area (Å²) < 4.78 is 38.0. The Hall–Kier alpha value is -4.65. The van der Waals surface area contributed by atoms with Crippen molar-refractivity contribution in [3.8, 4) is 40.6 Å². The van der Waals surface area contributed by atoms with Gasteiger partial charge in [-0.3, -0.25) is 15.1 Å². The molecule has 0 aromatic carbocycles. The van der Waals surface area contributed by atoms with Crippen molar-refractivity contribution >= 4 is 22.4 Å². The van der Waals surface area contributed by atoms with E-state index in [0.717, 1.165) is 24.2 Å². The van der Waals surface area contributed by atoms with Gasteiger partial charge in [0.15, 0.2) is 5.01 Å². The summed E-state index contributed by atoms with van der Waals surface area (Å²) in [5, 5.41) is 11.3. The number of pyridine rings is 2. The Bertz CT molecular complexity index is 1610. The molecule has 9 nitrogen and oxygen atoms in total. The molecule has 0 spiro atoms. The van der Waals surface area contributed by atoms with Gasteiger partial charge in [0.2, 0.25) is 5.13 Å². The van der Waals surface area contributed by atoms with Crippen LogP contribution in [0.4, 0.5) is 13.9 Å². The maximum Gasteiger partial charge on any atom is 0.280 e. The average Bonchev–Trinajstić information content (AvgIpc) is 3.44. The summed E-state index contributed by atoms with van der Waals surface area (Å²) in [5.41, 5.74) is 6.82. The van der Waals surface area contributed by atoms with Crippen molar-refractivity contribution in [3.05, 3.63) is 70.9 Å². The summed E-state index contributed by atoms with van der Waals surface area (Å²) in [4.78, 5) is 21.6. The third-order valence-electron chi connectivity index (χ3n) is 6.02. The van der Waals surface area contributed by atoms with E-state index >= 15 is 0 Å². The molecule has 0 radical (unpaired) electrons. The smallest absolute Gasteiger partial charge is 0.280 e. The summed E-state index contributed by atoms with van der Waals surface area (Å²) in [5.74, 6) is 11.4. The molecule has 2 unspecified atom stereocenters. The minimum atomic E-state index is -2.83. The number of allylic oxidation sites excluding steroid dienone is 3. The van der Waals surface area contributed by atoms with Crippen LogP contribution in [0.2, 0.25) is 0 Å². The van der Waals surface area contributed by atoms with E-state index in [2.05, 4.69) is 55.7 Å². The van der Waals surface area contributed by atoms with Gasteiger partial charge in [-0.25, -0.2) is 13.8 Å². The third-order valence-corrected chi connectivity index (χ3v) is 6.78. The van der Waals surface area contributed by atoms with Gasteiger partial charge in [0.1, 0.15) is 17.1 Å². The van der Waals surface area contributed by atoms with E-state index in [1.807, 2.05) is 0 Å². The molecule has 2 atom stereocenters. The van der Waals surface area contributed by atoms with Crippen LogP contribution in [0.1, 0.15) is 52.9 Å². The number of nitrogens with zero attached hydrogens (tertiary/aromatic N) is 4. The number of amides is 1. The standard InChI is InChI=1S/C30H28F2N6O3S/c1-4-19(12-18(2)33)8-10-27-37-38-30(42-27)36-29(39)24-15-34-21(9-7-20-6-5-11-41-17-20)13-22(24)23-14-25(28(31)32)35-16-26(23)40-3/h4,12-16,19-20,28H,1,5-6,11,17,33H2,2-3H3,(H,36,38,39)/b18-12-. The maximum absolute atomic E-state index is 13.6. The molecule has 0 aliphatic carbocycles. The first-order valence-electron chi connectivity index (χ1n) is 12.9. The van der Waals surface area contributed by atoms with E-state index in [4.69, 9.17) is 15.2 Å².